The van der Waals surface area contributed by atoms with Crippen molar-refractivity contribution in [2.24, 2.45) is 0 Å². The fourth-order valence-corrected chi connectivity index (χ4v) is 1.98. The SMILES string of the molecule is C#CCC(NCC)C(CC)(CC)OC. The van der Waals surface area contributed by atoms with Crippen LogP contribution in [0.3, 0.4) is 0 Å². The summed E-state index contributed by atoms with van der Waals surface area (Å²) in [4.78, 5) is 0. The van der Waals surface area contributed by atoms with Crippen LogP contribution in [0.4, 0.5) is 0 Å². The van der Waals surface area contributed by atoms with E-state index in [0.717, 1.165) is 25.8 Å². The fraction of sp³-hybridized carbons (Fsp3) is 0.833. The molecule has 82 valence electrons. The summed E-state index contributed by atoms with van der Waals surface area (Å²) in [6.45, 7) is 7.31. The van der Waals surface area contributed by atoms with Gasteiger partial charge in [0.25, 0.3) is 0 Å². The Bertz CT molecular complexity index is 171. The predicted molar refractivity (Wildman–Crippen MR) is 61.2 cm³/mol. The number of ether oxygens (including phenoxy) is 1. The molecule has 0 spiro atoms. The normalized spacial score (nSPS) is 13.6. The molecular weight excluding hydrogens is 174 g/mol. The third-order valence-electron chi connectivity index (χ3n) is 3.01. The zero-order chi connectivity index (χ0) is 11.0. The van der Waals surface area contributed by atoms with Gasteiger partial charge in [-0.2, -0.15) is 0 Å². The van der Waals surface area contributed by atoms with Gasteiger partial charge in [-0.1, -0.05) is 20.8 Å². The zero-order valence-corrected chi connectivity index (χ0v) is 9.89. The first-order valence-corrected chi connectivity index (χ1v) is 5.42. The van der Waals surface area contributed by atoms with E-state index in [1.807, 2.05) is 0 Å². The monoisotopic (exact) mass is 197 g/mol. The quantitative estimate of drug-likeness (QED) is 0.632. The Kier molecular flexibility index (Phi) is 6.61. The second kappa shape index (κ2) is 6.86. The number of nitrogens with one attached hydrogen (secondary N) is 1. The minimum Gasteiger partial charge on any atom is -0.377 e. The van der Waals surface area contributed by atoms with E-state index < -0.39 is 0 Å². The van der Waals surface area contributed by atoms with Gasteiger partial charge in [0.05, 0.1) is 5.60 Å². The maximum absolute atomic E-state index is 5.65. The van der Waals surface area contributed by atoms with E-state index in [-0.39, 0.29) is 11.6 Å². The third-order valence-corrected chi connectivity index (χ3v) is 3.01. The molecule has 0 aromatic carbocycles. The molecule has 0 heterocycles. The van der Waals surface area contributed by atoms with E-state index in [4.69, 9.17) is 11.2 Å². The smallest absolute Gasteiger partial charge is 0.0835 e. The van der Waals surface area contributed by atoms with E-state index in [9.17, 15) is 0 Å². The Balaban J connectivity index is 4.62. The van der Waals surface area contributed by atoms with Gasteiger partial charge in [-0.05, 0) is 19.4 Å². The van der Waals surface area contributed by atoms with Crippen LogP contribution in [0, 0.1) is 12.3 Å². The van der Waals surface area contributed by atoms with Crippen molar-refractivity contribution in [2.45, 2.75) is 51.7 Å². The predicted octanol–water partition coefficient (Wildman–Crippen LogP) is 2.19. The second-order valence-corrected chi connectivity index (χ2v) is 3.49. The van der Waals surface area contributed by atoms with Gasteiger partial charge in [0.15, 0.2) is 0 Å². The summed E-state index contributed by atoms with van der Waals surface area (Å²) in [5, 5.41) is 3.41. The molecule has 2 nitrogen and oxygen atoms in total. The molecule has 0 amide bonds. The molecular formula is C12H23NO. The molecule has 0 aromatic rings. The van der Waals surface area contributed by atoms with E-state index >= 15 is 0 Å². The zero-order valence-electron chi connectivity index (χ0n) is 9.89. The van der Waals surface area contributed by atoms with Crippen molar-refractivity contribution in [2.75, 3.05) is 13.7 Å². The Hall–Kier alpha value is -0.520. The molecule has 0 rings (SSSR count). The average molecular weight is 197 g/mol. The van der Waals surface area contributed by atoms with E-state index in [1.54, 1.807) is 7.11 Å². The van der Waals surface area contributed by atoms with Crippen LogP contribution < -0.4 is 5.32 Å². The van der Waals surface area contributed by atoms with Crippen LogP contribution >= 0.6 is 0 Å². The lowest BCUT2D eigenvalue weighted by atomic mass is 9.86. The molecule has 0 saturated heterocycles. The number of hydrogen-bond acceptors (Lipinski definition) is 2. The first-order valence-electron chi connectivity index (χ1n) is 5.42. The van der Waals surface area contributed by atoms with Crippen LogP contribution in [0.5, 0.6) is 0 Å². The molecule has 0 aliphatic carbocycles. The maximum Gasteiger partial charge on any atom is 0.0835 e. The van der Waals surface area contributed by atoms with E-state index in [2.05, 4.69) is 32.0 Å². The topological polar surface area (TPSA) is 21.3 Å². The van der Waals surface area contributed by atoms with Gasteiger partial charge in [0.1, 0.15) is 0 Å². The molecule has 2 heteroatoms. The summed E-state index contributed by atoms with van der Waals surface area (Å²) in [5.74, 6) is 2.72. The maximum atomic E-state index is 5.65. The number of likely N-dealkylation sites (N-methyl/N-ethyl adjacent to an activating group) is 1. The summed E-state index contributed by atoms with van der Waals surface area (Å²) in [7, 11) is 1.77. The summed E-state index contributed by atoms with van der Waals surface area (Å²) in [6.07, 6.45) is 8.07. The van der Waals surface area contributed by atoms with Gasteiger partial charge in [0, 0.05) is 19.6 Å². The molecule has 0 bridgehead atoms. The highest BCUT2D eigenvalue weighted by Crippen LogP contribution is 2.25. The Morgan fingerprint density at radius 1 is 1.36 bits per heavy atom. The van der Waals surface area contributed by atoms with Gasteiger partial charge >= 0.3 is 0 Å². The summed E-state index contributed by atoms with van der Waals surface area (Å²) in [5.41, 5.74) is -0.109. The Morgan fingerprint density at radius 3 is 2.21 bits per heavy atom. The molecule has 0 saturated carbocycles. The summed E-state index contributed by atoms with van der Waals surface area (Å²) >= 11 is 0. The van der Waals surface area contributed by atoms with Crippen molar-refractivity contribution in [1.29, 1.82) is 0 Å². The second-order valence-electron chi connectivity index (χ2n) is 3.49. The van der Waals surface area contributed by atoms with Crippen LogP contribution in [-0.4, -0.2) is 25.3 Å². The van der Waals surface area contributed by atoms with Crippen molar-refractivity contribution in [1.82, 2.24) is 5.32 Å². The third kappa shape index (κ3) is 3.01. The minimum atomic E-state index is -0.109. The van der Waals surface area contributed by atoms with Gasteiger partial charge in [-0.3, -0.25) is 0 Å². The standard InChI is InChI=1S/C12H23NO/c1-6-10-11(13-9-4)12(7-2,8-3)14-5/h1,11,13H,7-10H2,2-5H3. The average Bonchev–Trinajstić information content (AvgIpc) is 2.22. The van der Waals surface area contributed by atoms with Crippen LogP contribution in [0.25, 0.3) is 0 Å². The summed E-state index contributed by atoms with van der Waals surface area (Å²) < 4.78 is 5.65. The highest BCUT2D eigenvalue weighted by Gasteiger charge is 2.34. The molecule has 0 aromatic heterocycles. The van der Waals surface area contributed by atoms with E-state index in [0.29, 0.717) is 0 Å². The van der Waals surface area contributed by atoms with Crippen LogP contribution in [0.15, 0.2) is 0 Å². The van der Waals surface area contributed by atoms with Gasteiger partial charge in [-0.15, -0.1) is 12.3 Å². The van der Waals surface area contributed by atoms with Gasteiger partial charge in [0.2, 0.25) is 0 Å². The molecule has 0 radical (unpaired) electrons. The minimum absolute atomic E-state index is 0.109. The van der Waals surface area contributed by atoms with Crippen molar-refractivity contribution >= 4 is 0 Å². The van der Waals surface area contributed by atoms with Crippen molar-refractivity contribution in [3.8, 4) is 12.3 Å². The van der Waals surface area contributed by atoms with E-state index in [1.165, 1.54) is 0 Å². The lowest BCUT2D eigenvalue weighted by Crippen LogP contribution is -2.51. The highest BCUT2D eigenvalue weighted by molar-refractivity contribution is 4.99. The van der Waals surface area contributed by atoms with Crippen molar-refractivity contribution < 1.29 is 4.74 Å². The van der Waals surface area contributed by atoms with Crippen LogP contribution in [0.1, 0.15) is 40.0 Å². The highest BCUT2D eigenvalue weighted by atomic mass is 16.5. The molecule has 0 fully saturated rings. The Labute approximate surface area is 88.4 Å². The number of terminal acetylenes is 1. The lowest BCUT2D eigenvalue weighted by molar-refractivity contribution is -0.0456. The van der Waals surface area contributed by atoms with Gasteiger partial charge < -0.3 is 10.1 Å². The number of hydrogen-bond donors (Lipinski definition) is 1. The molecule has 0 aliphatic heterocycles. The first kappa shape index (κ1) is 13.5. The molecule has 1 unspecified atom stereocenters. The fourth-order valence-electron chi connectivity index (χ4n) is 1.98. The van der Waals surface area contributed by atoms with Crippen molar-refractivity contribution in [3.63, 3.8) is 0 Å². The van der Waals surface area contributed by atoms with Gasteiger partial charge in [-0.25, -0.2) is 0 Å². The molecule has 1 N–H and O–H groups in total. The Morgan fingerprint density at radius 2 is 1.93 bits per heavy atom. The largest absolute Gasteiger partial charge is 0.377 e. The van der Waals surface area contributed by atoms with Crippen LogP contribution in [-0.2, 0) is 4.74 Å². The van der Waals surface area contributed by atoms with Crippen LogP contribution in [0.2, 0.25) is 0 Å². The van der Waals surface area contributed by atoms with Crippen molar-refractivity contribution in [3.05, 3.63) is 0 Å². The number of methoxy groups -OCH3 is 1. The summed E-state index contributed by atoms with van der Waals surface area (Å²) in [6, 6.07) is 0.262. The molecule has 0 aliphatic rings. The lowest BCUT2D eigenvalue weighted by Gasteiger charge is -2.38. The molecule has 1 atom stereocenters. The molecule has 14 heavy (non-hydrogen) atoms. The first-order chi connectivity index (χ1) is 6.70. The number of rotatable bonds is 7.